The summed E-state index contributed by atoms with van der Waals surface area (Å²) in [6.45, 7) is 0.321. The number of guanidine groups is 1. The van der Waals surface area contributed by atoms with E-state index >= 15 is 0 Å². The lowest BCUT2D eigenvalue weighted by Gasteiger charge is -2.25. The molecule has 4 aromatic rings. The molecule has 0 aliphatic heterocycles. The molecule has 0 aliphatic carbocycles. The van der Waals surface area contributed by atoms with Crippen LogP contribution >= 0.6 is 0 Å². The summed E-state index contributed by atoms with van der Waals surface area (Å²) >= 11 is 0. The average Bonchev–Trinajstić information content (AvgIpc) is 3.49. The highest BCUT2D eigenvalue weighted by atomic mass is 16.3. The second-order valence-corrected chi connectivity index (χ2v) is 11.9. The predicted molar refractivity (Wildman–Crippen MR) is 184 cm³/mol. The lowest BCUT2D eigenvalue weighted by molar-refractivity contribution is -0.459. The first-order valence-corrected chi connectivity index (χ1v) is 16.0. The fourth-order valence-electron chi connectivity index (χ4n) is 5.45. The molecule has 0 saturated heterocycles. The third-order valence-corrected chi connectivity index (χ3v) is 8.10. The van der Waals surface area contributed by atoms with Gasteiger partial charge in [0.15, 0.2) is 6.04 Å². The van der Waals surface area contributed by atoms with E-state index in [1.807, 2.05) is 54.6 Å². The molecule has 14 heteroatoms. The molecule has 0 fully saturated rings. The maximum absolute atomic E-state index is 13.9. The largest absolute Gasteiger partial charge is 0.508 e. The Labute approximate surface area is 283 Å². The number of rotatable bonds is 17. The number of amides is 4. The smallest absolute Gasteiger partial charge is 0.338 e. The van der Waals surface area contributed by atoms with Crippen LogP contribution in [0.4, 0.5) is 0 Å². The quantitative estimate of drug-likeness (QED) is 0.0330. The Bertz CT molecular complexity index is 1750. The number of H-pyrrole nitrogens is 1. The van der Waals surface area contributed by atoms with Crippen molar-refractivity contribution < 1.29 is 35.0 Å². The average molecular weight is 672 g/mol. The van der Waals surface area contributed by atoms with Crippen molar-refractivity contribution in [1.29, 1.82) is 0 Å². The first-order valence-electron chi connectivity index (χ1n) is 16.0. The lowest BCUT2D eigenvalue weighted by Crippen LogP contribution is -2.78. The zero-order chi connectivity index (χ0) is 35.3. The van der Waals surface area contributed by atoms with Gasteiger partial charge in [0.1, 0.15) is 23.9 Å². The van der Waals surface area contributed by atoms with Gasteiger partial charge in [0.2, 0.25) is 17.7 Å². The molecule has 1 aromatic heterocycles. The number of quaternary nitrogens is 1. The van der Waals surface area contributed by atoms with Crippen LogP contribution in [-0.2, 0) is 38.4 Å². The highest BCUT2D eigenvalue weighted by Gasteiger charge is 2.31. The summed E-state index contributed by atoms with van der Waals surface area (Å²) in [6, 6.07) is 19.2. The van der Waals surface area contributed by atoms with Gasteiger partial charge in [-0.15, -0.1) is 0 Å². The van der Waals surface area contributed by atoms with Crippen molar-refractivity contribution >= 4 is 40.5 Å². The number of fused-ring (bicyclic) bond motifs is 1. The molecule has 15 N–H and O–H groups in total. The number of benzene rings is 3. The summed E-state index contributed by atoms with van der Waals surface area (Å²) in [7, 11) is 0. The van der Waals surface area contributed by atoms with Crippen molar-refractivity contribution in [3.63, 3.8) is 0 Å². The van der Waals surface area contributed by atoms with E-state index < -0.39 is 47.8 Å². The molecule has 0 aliphatic rings. The van der Waals surface area contributed by atoms with E-state index in [2.05, 4.69) is 31.7 Å². The van der Waals surface area contributed by atoms with Crippen molar-refractivity contribution in [1.82, 2.24) is 20.9 Å². The molecule has 0 bridgehead atoms. The lowest BCUT2D eigenvalue weighted by atomic mass is 10.0. The molecule has 258 valence electrons. The number of nitrogens with two attached hydrogens (primary N) is 3. The van der Waals surface area contributed by atoms with Gasteiger partial charge in [-0.05, 0) is 47.7 Å². The van der Waals surface area contributed by atoms with Crippen LogP contribution in [0.25, 0.3) is 10.9 Å². The van der Waals surface area contributed by atoms with Crippen molar-refractivity contribution in [2.45, 2.75) is 56.3 Å². The second kappa shape index (κ2) is 17.3. The fraction of sp³-hybridized carbons (Fsp3) is 0.286. The summed E-state index contributed by atoms with van der Waals surface area (Å²) in [4.78, 5) is 59.4. The van der Waals surface area contributed by atoms with Crippen molar-refractivity contribution in [2.24, 2.45) is 17.2 Å². The zero-order valence-electron chi connectivity index (χ0n) is 27.2. The Morgan fingerprint density at radius 1 is 0.735 bits per heavy atom. The van der Waals surface area contributed by atoms with E-state index in [-0.39, 0.29) is 37.4 Å². The van der Waals surface area contributed by atoms with Gasteiger partial charge in [-0.1, -0.05) is 60.7 Å². The van der Waals surface area contributed by atoms with E-state index in [1.165, 1.54) is 12.1 Å². The zero-order valence-corrected chi connectivity index (χ0v) is 27.2. The van der Waals surface area contributed by atoms with E-state index in [9.17, 15) is 24.3 Å². The number of carbonyl (C=O) groups is 4. The van der Waals surface area contributed by atoms with Crippen LogP contribution in [0.1, 0.15) is 29.5 Å². The molecular weight excluding hydrogens is 626 g/mol. The van der Waals surface area contributed by atoms with Crippen molar-refractivity contribution in [2.75, 3.05) is 6.54 Å². The minimum absolute atomic E-state index is 0.0122. The number of aromatic amines is 1. The van der Waals surface area contributed by atoms with Gasteiger partial charge in [0.05, 0.1) is 6.54 Å². The molecule has 0 saturated carbocycles. The number of phenolic OH excluding ortho intramolecular Hbond substituents is 1. The molecule has 3 aromatic carbocycles. The van der Waals surface area contributed by atoms with E-state index in [0.717, 1.165) is 27.6 Å². The summed E-state index contributed by atoms with van der Waals surface area (Å²) in [5.74, 6) is -2.30. The summed E-state index contributed by atoms with van der Waals surface area (Å²) in [6.07, 6.45) is 2.84. The fourth-order valence-corrected chi connectivity index (χ4v) is 5.45. The molecule has 49 heavy (non-hydrogen) atoms. The maximum Gasteiger partial charge on any atom is 0.338 e. The van der Waals surface area contributed by atoms with Crippen LogP contribution in [0.3, 0.4) is 0 Å². The Morgan fingerprint density at radius 2 is 1.35 bits per heavy atom. The summed E-state index contributed by atoms with van der Waals surface area (Å²) in [5, 5.41) is 18.8. The SMILES string of the molecule is NC(=O)[C@H](Cc1c[nH]c2ccccc12)NC(=O)[C@H](CCC[NH+]=C(N)N)NC(=O)[C@@H](Cc1ccccc1)NC(=O)[C@@H]([NH3+])Cc1ccc(O)cc1. The number of primary amides is 1. The van der Waals surface area contributed by atoms with Crippen LogP contribution in [-0.4, -0.2) is 70.4 Å². The van der Waals surface area contributed by atoms with Crippen LogP contribution in [0, 0.1) is 0 Å². The molecule has 4 rings (SSSR count). The number of aromatic hydroxyl groups is 1. The number of carbonyl (C=O) groups excluding carboxylic acids is 4. The van der Waals surface area contributed by atoms with Gasteiger partial charge in [-0.3, -0.25) is 35.6 Å². The van der Waals surface area contributed by atoms with Crippen molar-refractivity contribution in [3.05, 3.63) is 102 Å². The molecule has 4 amide bonds. The first-order chi connectivity index (χ1) is 23.5. The number of phenols is 1. The Balaban J connectivity index is 1.51. The molecule has 0 unspecified atom stereocenters. The number of para-hydroxylation sites is 1. The van der Waals surface area contributed by atoms with Gasteiger partial charge in [0.25, 0.3) is 5.91 Å². The van der Waals surface area contributed by atoms with Gasteiger partial charge in [-0.25, -0.2) is 0 Å². The van der Waals surface area contributed by atoms with E-state index in [4.69, 9.17) is 17.2 Å². The van der Waals surface area contributed by atoms with Crippen LogP contribution in [0.2, 0.25) is 0 Å². The van der Waals surface area contributed by atoms with Gasteiger partial charge >= 0.3 is 5.96 Å². The number of aromatic nitrogens is 1. The molecule has 0 spiro atoms. The predicted octanol–water partition coefficient (Wildman–Crippen LogP) is -2.41. The monoisotopic (exact) mass is 671 g/mol. The normalized spacial score (nSPS) is 13.4. The second-order valence-electron chi connectivity index (χ2n) is 11.9. The van der Waals surface area contributed by atoms with Crippen molar-refractivity contribution in [3.8, 4) is 5.75 Å². The standard InChI is InChI=1S/C35H43N9O5/c36-26(17-22-12-14-24(45)15-13-22)32(47)44-30(18-21-7-2-1-3-8-21)34(49)42-28(11-6-16-40-35(38)39)33(48)43-29(31(37)46)19-23-20-41-27-10-5-4-9-25(23)27/h1-5,7-10,12-15,20,26,28-30,41,45H,6,11,16-19,36H2,(H2,37,46)(H,42,49)(H,43,48)(H,44,47)(H4,38,39,40)/p+2/t26-,28-,29-,30+/m0/s1. The third-order valence-electron chi connectivity index (χ3n) is 8.10. The highest BCUT2D eigenvalue weighted by Crippen LogP contribution is 2.19. The Hall–Kier alpha value is -5.89. The number of hydrogen-bond acceptors (Lipinski definition) is 5. The topological polar surface area (TPSA) is 260 Å². The van der Waals surface area contributed by atoms with E-state index in [1.54, 1.807) is 18.3 Å². The maximum atomic E-state index is 13.9. The van der Waals surface area contributed by atoms with Gasteiger partial charge < -0.3 is 37.5 Å². The van der Waals surface area contributed by atoms with Crippen LogP contribution in [0.5, 0.6) is 5.75 Å². The van der Waals surface area contributed by atoms with Gasteiger partial charge in [0, 0.05) is 36.4 Å². The van der Waals surface area contributed by atoms with Gasteiger partial charge in [-0.2, -0.15) is 0 Å². The number of nitrogens with one attached hydrogen (secondary N) is 5. The molecule has 4 atom stereocenters. The Morgan fingerprint density at radius 3 is 2.04 bits per heavy atom. The number of hydrogen-bond donors (Lipinski definition) is 10. The highest BCUT2D eigenvalue weighted by molar-refractivity contribution is 5.95. The molecule has 1 heterocycles. The molecular formula is C35H45N9O5+2. The summed E-state index contributed by atoms with van der Waals surface area (Å²) < 4.78 is 0. The first kappa shape index (κ1) is 36.0. The van der Waals surface area contributed by atoms with E-state index in [0.29, 0.717) is 13.0 Å². The van der Waals surface area contributed by atoms with Crippen LogP contribution < -0.4 is 43.9 Å². The molecule has 14 nitrogen and oxygen atoms in total. The minimum Gasteiger partial charge on any atom is -0.508 e. The molecule has 0 radical (unpaired) electrons. The Kier molecular flexibility index (Phi) is 12.7. The minimum atomic E-state index is -1.10. The van der Waals surface area contributed by atoms with Crippen LogP contribution in [0.15, 0.2) is 85.1 Å². The third kappa shape index (κ3) is 10.8. The summed E-state index contributed by atoms with van der Waals surface area (Å²) in [5.41, 5.74) is 24.0.